The summed E-state index contributed by atoms with van der Waals surface area (Å²) in [5, 5.41) is 22.4. The summed E-state index contributed by atoms with van der Waals surface area (Å²) in [4.78, 5) is 22.8. The number of nitrogens with zero attached hydrogens (tertiary/aromatic N) is 4. The van der Waals surface area contributed by atoms with Gasteiger partial charge in [-0.15, -0.1) is 10.2 Å². The molecule has 1 amide bonds. The molecule has 0 aliphatic rings. The molecule has 0 unspecified atom stereocenters. The van der Waals surface area contributed by atoms with Crippen molar-refractivity contribution in [3.63, 3.8) is 0 Å². The van der Waals surface area contributed by atoms with E-state index in [2.05, 4.69) is 15.5 Å². The molecule has 0 saturated heterocycles. The molecule has 1 heterocycles. The molecular formula is C20H20FN5O4S. The average Bonchev–Trinajstić information content (AvgIpc) is 3.14. The van der Waals surface area contributed by atoms with Crippen LogP contribution in [-0.4, -0.2) is 31.3 Å². The molecule has 0 spiro atoms. The molecule has 2 aromatic carbocycles. The first-order valence-corrected chi connectivity index (χ1v) is 10.3. The van der Waals surface area contributed by atoms with Crippen molar-refractivity contribution in [1.82, 2.24) is 14.8 Å². The van der Waals surface area contributed by atoms with Crippen LogP contribution in [0.1, 0.15) is 18.3 Å². The molecule has 11 heteroatoms. The second-order valence-electron chi connectivity index (χ2n) is 6.46. The third kappa shape index (κ3) is 5.57. The summed E-state index contributed by atoms with van der Waals surface area (Å²) >= 11 is 1.17. The Labute approximate surface area is 181 Å². The highest BCUT2D eigenvalue weighted by Crippen LogP contribution is 2.23. The Balaban J connectivity index is 1.60. The number of nitro groups is 1. The Morgan fingerprint density at radius 1 is 1.29 bits per heavy atom. The van der Waals surface area contributed by atoms with Gasteiger partial charge in [-0.25, -0.2) is 4.39 Å². The van der Waals surface area contributed by atoms with Gasteiger partial charge >= 0.3 is 0 Å². The van der Waals surface area contributed by atoms with E-state index >= 15 is 0 Å². The summed E-state index contributed by atoms with van der Waals surface area (Å²) in [6.45, 7) is 4.09. The van der Waals surface area contributed by atoms with Gasteiger partial charge in [-0.05, 0) is 32.0 Å². The fourth-order valence-corrected chi connectivity index (χ4v) is 3.59. The van der Waals surface area contributed by atoms with Crippen molar-refractivity contribution in [3.05, 3.63) is 69.8 Å². The van der Waals surface area contributed by atoms with Crippen molar-refractivity contribution >= 4 is 29.0 Å². The van der Waals surface area contributed by atoms with Crippen molar-refractivity contribution in [2.45, 2.75) is 32.2 Å². The van der Waals surface area contributed by atoms with Crippen LogP contribution < -0.4 is 10.1 Å². The lowest BCUT2D eigenvalue weighted by molar-refractivity contribution is -0.385. The Bertz CT molecular complexity index is 1100. The van der Waals surface area contributed by atoms with Crippen LogP contribution in [0, 0.1) is 22.9 Å². The average molecular weight is 445 g/mol. The van der Waals surface area contributed by atoms with E-state index in [-0.39, 0.29) is 29.7 Å². The topological polar surface area (TPSA) is 112 Å². The highest BCUT2D eigenvalue weighted by molar-refractivity contribution is 7.99. The number of benzene rings is 2. The largest absolute Gasteiger partial charge is 0.483 e. The number of nitro benzene ring substituents is 1. The summed E-state index contributed by atoms with van der Waals surface area (Å²) in [5.74, 6) is -0.143. The maximum Gasteiger partial charge on any atom is 0.274 e. The lowest BCUT2D eigenvalue weighted by atomic mass is 10.2. The number of ether oxygens (including phenoxy) is 1. The highest BCUT2D eigenvalue weighted by Gasteiger charge is 2.16. The number of hydrogen-bond donors (Lipinski definition) is 1. The summed E-state index contributed by atoms with van der Waals surface area (Å²) in [6.07, 6.45) is 0. The van der Waals surface area contributed by atoms with Crippen molar-refractivity contribution in [2.24, 2.45) is 0 Å². The summed E-state index contributed by atoms with van der Waals surface area (Å²) in [7, 11) is 0. The number of amides is 1. The van der Waals surface area contributed by atoms with Crippen LogP contribution in [0.15, 0.2) is 47.6 Å². The molecule has 1 N–H and O–H groups in total. The highest BCUT2D eigenvalue weighted by atomic mass is 32.2. The quantitative estimate of drug-likeness (QED) is 0.301. The van der Waals surface area contributed by atoms with Gasteiger partial charge in [-0.1, -0.05) is 30.0 Å². The lowest BCUT2D eigenvalue weighted by Gasteiger charge is -2.09. The molecule has 3 rings (SSSR count). The SMILES string of the molecule is CCn1c(COc2ccccc2F)nnc1SCC(=O)Nc1ccc(C)c([N+](=O)[O-])c1. The van der Waals surface area contributed by atoms with Crippen LogP contribution in [0.3, 0.4) is 0 Å². The van der Waals surface area contributed by atoms with E-state index in [9.17, 15) is 19.3 Å². The molecule has 1 aromatic heterocycles. The third-order valence-electron chi connectivity index (χ3n) is 4.33. The zero-order chi connectivity index (χ0) is 22.4. The second-order valence-corrected chi connectivity index (χ2v) is 7.40. The van der Waals surface area contributed by atoms with Gasteiger partial charge in [0.05, 0.1) is 10.7 Å². The molecule has 0 aliphatic heterocycles. The van der Waals surface area contributed by atoms with E-state index in [1.54, 1.807) is 35.8 Å². The predicted octanol–water partition coefficient (Wildman–Crippen LogP) is 3.96. The summed E-state index contributed by atoms with van der Waals surface area (Å²) in [5.41, 5.74) is 0.799. The van der Waals surface area contributed by atoms with Gasteiger partial charge in [0.25, 0.3) is 5.69 Å². The number of carbonyl (C=O) groups is 1. The molecular weight excluding hydrogens is 425 g/mol. The Morgan fingerprint density at radius 3 is 2.77 bits per heavy atom. The van der Waals surface area contributed by atoms with E-state index in [0.29, 0.717) is 28.8 Å². The molecule has 0 aliphatic carbocycles. The van der Waals surface area contributed by atoms with Gasteiger partial charge in [-0.3, -0.25) is 14.9 Å². The first-order chi connectivity index (χ1) is 14.9. The van der Waals surface area contributed by atoms with Crippen LogP contribution in [0.4, 0.5) is 15.8 Å². The van der Waals surface area contributed by atoms with Crippen LogP contribution in [-0.2, 0) is 17.9 Å². The molecule has 3 aromatic rings. The number of nitrogens with one attached hydrogen (secondary N) is 1. The molecule has 162 valence electrons. The van der Waals surface area contributed by atoms with E-state index in [0.717, 1.165) is 0 Å². The van der Waals surface area contributed by atoms with Crippen molar-refractivity contribution in [3.8, 4) is 5.75 Å². The zero-order valence-corrected chi connectivity index (χ0v) is 17.7. The standard InChI is InChI=1S/C20H20FN5O4S/c1-3-25-18(11-30-17-7-5-4-6-15(17)21)23-24-20(25)31-12-19(27)22-14-9-8-13(2)16(10-14)26(28)29/h4-10H,3,11-12H2,1-2H3,(H,22,27). The first-order valence-electron chi connectivity index (χ1n) is 9.36. The Morgan fingerprint density at radius 2 is 2.06 bits per heavy atom. The zero-order valence-electron chi connectivity index (χ0n) is 16.9. The molecule has 0 atom stereocenters. The number of carbonyl (C=O) groups excluding carboxylic acids is 1. The number of rotatable bonds is 9. The van der Waals surface area contributed by atoms with Crippen molar-refractivity contribution < 1.29 is 18.8 Å². The van der Waals surface area contributed by atoms with Gasteiger partial charge in [0.1, 0.15) is 6.61 Å². The maximum atomic E-state index is 13.7. The summed E-state index contributed by atoms with van der Waals surface area (Å²) < 4.78 is 21.0. The fourth-order valence-electron chi connectivity index (χ4n) is 2.77. The van der Waals surface area contributed by atoms with Crippen LogP contribution in [0.25, 0.3) is 0 Å². The number of halogens is 1. The second kappa shape index (κ2) is 10.0. The number of para-hydroxylation sites is 1. The molecule has 0 fully saturated rings. The van der Waals surface area contributed by atoms with Gasteiger partial charge in [0.2, 0.25) is 5.91 Å². The van der Waals surface area contributed by atoms with Crippen molar-refractivity contribution in [1.29, 1.82) is 0 Å². The molecule has 0 bridgehead atoms. The van der Waals surface area contributed by atoms with E-state index in [4.69, 9.17) is 4.74 Å². The third-order valence-corrected chi connectivity index (χ3v) is 5.29. The van der Waals surface area contributed by atoms with Gasteiger partial charge in [0.15, 0.2) is 22.5 Å². The number of anilines is 1. The monoisotopic (exact) mass is 445 g/mol. The Hall–Kier alpha value is -3.47. The van der Waals surface area contributed by atoms with Crippen LogP contribution >= 0.6 is 11.8 Å². The number of thioether (sulfide) groups is 1. The number of hydrogen-bond acceptors (Lipinski definition) is 7. The minimum absolute atomic E-state index is 0.0293. The van der Waals surface area contributed by atoms with Gasteiger partial charge in [-0.2, -0.15) is 0 Å². The van der Waals surface area contributed by atoms with E-state index < -0.39 is 10.7 Å². The first kappa shape index (κ1) is 22.2. The minimum Gasteiger partial charge on any atom is -0.483 e. The van der Waals surface area contributed by atoms with Crippen LogP contribution in [0.5, 0.6) is 5.75 Å². The number of aryl methyl sites for hydroxylation is 1. The number of aromatic nitrogens is 3. The van der Waals surface area contributed by atoms with E-state index in [1.807, 2.05) is 6.92 Å². The summed E-state index contributed by atoms with van der Waals surface area (Å²) in [6, 6.07) is 10.6. The predicted molar refractivity (Wildman–Crippen MR) is 114 cm³/mol. The normalized spacial score (nSPS) is 10.7. The van der Waals surface area contributed by atoms with Gasteiger partial charge in [0, 0.05) is 23.9 Å². The maximum absolute atomic E-state index is 13.7. The molecule has 0 saturated carbocycles. The van der Waals surface area contributed by atoms with E-state index in [1.165, 1.54) is 30.0 Å². The fraction of sp³-hybridized carbons (Fsp3) is 0.250. The Kier molecular flexibility index (Phi) is 7.19. The molecule has 31 heavy (non-hydrogen) atoms. The smallest absolute Gasteiger partial charge is 0.274 e. The van der Waals surface area contributed by atoms with Crippen LogP contribution in [0.2, 0.25) is 0 Å². The lowest BCUT2D eigenvalue weighted by Crippen LogP contribution is -2.15. The van der Waals surface area contributed by atoms with Gasteiger partial charge < -0.3 is 14.6 Å². The van der Waals surface area contributed by atoms with Crippen molar-refractivity contribution in [2.75, 3.05) is 11.1 Å². The minimum atomic E-state index is -0.492. The molecule has 9 nitrogen and oxygen atoms in total. The molecule has 0 radical (unpaired) electrons.